The number of anilines is 1. The molecule has 24 heavy (non-hydrogen) atoms. The number of aromatic amines is 1. The zero-order valence-electron chi connectivity index (χ0n) is 13.8. The van der Waals surface area contributed by atoms with Crippen LogP contribution in [0.5, 0.6) is 0 Å². The number of urea groups is 1. The van der Waals surface area contributed by atoms with Gasteiger partial charge >= 0.3 is 6.03 Å². The van der Waals surface area contributed by atoms with E-state index in [1.807, 2.05) is 12.1 Å². The summed E-state index contributed by atoms with van der Waals surface area (Å²) in [6, 6.07) is 4.59. The van der Waals surface area contributed by atoms with Crippen LogP contribution in [0.4, 0.5) is 10.6 Å². The summed E-state index contributed by atoms with van der Waals surface area (Å²) >= 11 is 0. The molecule has 0 aliphatic heterocycles. The summed E-state index contributed by atoms with van der Waals surface area (Å²) < 4.78 is 0. The minimum Gasteiger partial charge on any atom is -0.365 e. The Bertz CT molecular complexity index is 825. The number of H-pyrrole nitrogens is 1. The first kappa shape index (κ1) is 17.4. The van der Waals surface area contributed by atoms with Crippen molar-refractivity contribution in [2.45, 2.75) is 13.8 Å². The van der Waals surface area contributed by atoms with E-state index in [0.717, 1.165) is 18.7 Å². The van der Waals surface area contributed by atoms with Gasteiger partial charge in [-0.25, -0.2) is 4.79 Å². The molecule has 0 saturated heterocycles. The zero-order chi connectivity index (χ0) is 17.7. The van der Waals surface area contributed by atoms with Crippen molar-refractivity contribution in [2.24, 2.45) is 11.5 Å². The molecule has 0 fully saturated rings. The molecule has 7 heteroatoms. The number of aromatic nitrogens is 1. The Morgan fingerprint density at radius 3 is 2.54 bits per heavy atom. The first-order valence-corrected chi connectivity index (χ1v) is 7.69. The number of benzene rings is 1. The molecule has 0 aliphatic rings. The number of nitrogens with one attached hydrogen (secondary N) is 2. The standard InChI is InChI=1S/C17H21N5O2/c1-3-22(4-2)9-5-6-11-7-8-12-13(10-11)20-16(21-17(19)24)14(12)15(18)23/h7-8,10,20H,3-4,9H2,1-2H3,(H2,18,23)(H3,19,21,24). The number of rotatable bonds is 5. The van der Waals surface area contributed by atoms with Gasteiger partial charge in [-0.1, -0.05) is 31.8 Å². The maximum atomic E-state index is 11.7. The summed E-state index contributed by atoms with van der Waals surface area (Å²) in [5.41, 5.74) is 12.2. The van der Waals surface area contributed by atoms with E-state index >= 15 is 0 Å². The van der Waals surface area contributed by atoms with Gasteiger partial charge < -0.3 is 16.5 Å². The van der Waals surface area contributed by atoms with Gasteiger partial charge in [0.1, 0.15) is 5.82 Å². The molecule has 2 rings (SSSR count). The van der Waals surface area contributed by atoms with E-state index in [-0.39, 0.29) is 11.4 Å². The SMILES string of the molecule is CCN(CC)CC#Cc1ccc2c(C(N)=O)c(NC(N)=O)[nH]c2c1. The number of carbonyl (C=O) groups is 2. The van der Waals surface area contributed by atoms with E-state index in [0.29, 0.717) is 17.4 Å². The lowest BCUT2D eigenvalue weighted by Gasteiger charge is -2.13. The molecular weight excluding hydrogens is 306 g/mol. The van der Waals surface area contributed by atoms with Crippen molar-refractivity contribution >= 4 is 28.7 Å². The van der Waals surface area contributed by atoms with Crippen LogP contribution in [0.15, 0.2) is 18.2 Å². The Morgan fingerprint density at radius 1 is 1.25 bits per heavy atom. The number of hydrogen-bond acceptors (Lipinski definition) is 3. The molecule has 1 heterocycles. The third-order valence-electron chi connectivity index (χ3n) is 3.72. The van der Waals surface area contributed by atoms with Crippen molar-refractivity contribution in [1.82, 2.24) is 9.88 Å². The smallest absolute Gasteiger partial charge is 0.317 e. The highest BCUT2D eigenvalue weighted by atomic mass is 16.2. The molecule has 0 radical (unpaired) electrons. The largest absolute Gasteiger partial charge is 0.365 e. The van der Waals surface area contributed by atoms with Gasteiger partial charge in [0.05, 0.1) is 12.1 Å². The average Bonchev–Trinajstić information content (AvgIpc) is 2.87. The quantitative estimate of drug-likeness (QED) is 0.623. The lowest BCUT2D eigenvalue weighted by atomic mass is 10.1. The summed E-state index contributed by atoms with van der Waals surface area (Å²) in [6.45, 7) is 6.77. The van der Waals surface area contributed by atoms with Gasteiger partial charge in [-0.15, -0.1) is 0 Å². The van der Waals surface area contributed by atoms with Crippen LogP contribution in [0.1, 0.15) is 29.8 Å². The molecule has 0 spiro atoms. The van der Waals surface area contributed by atoms with Gasteiger partial charge in [-0.2, -0.15) is 0 Å². The highest BCUT2D eigenvalue weighted by Crippen LogP contribution is 2.26. The van der Waals surface area contributed by atoms with Crippen molar-refractivity contribution < 1.29 is 9.59 Å². The monoisotopic (exact) mass is 327 g/mol. The molecule has 7 nitrogen and oxygen atoms in total. The van der Waals surface area contributed by atoms with E-state index in [1.165, 1.54) is 0 Å². The number of nitrogens with two attached hydrogens (primary N) is 2. The number of hydrogen-bond donors (Lipinski definition) is 4. The summed E-state index contributed by atoms with van der Waals surface area (Å²) in [6.07, 6.45) is 0. The van der Waals surface area contributed by atoms with Crippen molar-refractivity contribution in [3.05, 3.63) is 29.3 Å². The molecular formula is C17H21N5O2. The van der Waals surface area contributed by atoms with E-state index in [1.54, 1.807) is 6.07 Å². The van der Waals surface area contributed by atoms with Gasteiger partial charge in [-0.05, 0) is 25.2 Å². The summed E-state index contributed by atoms with van der Waals surface area (Å²) in [4.78, 5) is 27.9. The highest BCUT2D eigenvalue weighted by Gasteiger charge is 2.17. The second kappa shape index (κ2) is 7.53. The van der Waals surface area contributed by atoms with Crippen LogP contribution in [0.25, 0.3) is 10.9 Å². The van der Waals surface area contributed by atoms with E-state index < -0.39 is 11.9 Å². The zero-order valence-corrected chi connectivity index (χ0v) is 13.8. The van der Waals surface area contributed by atoms with Crippen LogP contribution in [0, 0.1) is 11.8 Å². The molecule has 0 atom stereocenters. The summed E-state index contributed by atoms with van der Waals surface area (Å²) in [5.74, 6) is 5.77. The van der Waals surface area contributed by atoms with Crippen LogP contribution < -0.4 is 16.8 Å². The van der Waals surface area contributed by atoms with Crippen LogP contribution in [-0.2, 0) is 0 Å². The third kappa shape index (κ3) is 3.86. The van der Waals surface area contributed by atoms with Crippen molar-refractivity contribution in [1.29, 1.82) is 0 Å². The Kier molecular flexibility index (Phi) is 5.45. The predicted molar refractivity (Wildman–Crippen MR) is 94.7 cm³/mol. The van der Waals surface area contributed by atoms with Crippen molar-refractivity contribution in [3.8, 4) is 11.8 Å². The molecule has 0 unspecified atom stereocenters. The first-order valence-electron chi connectivity index (χ1n) is 7.69. The maximum Gasteiger partial charge on any atom is 0.317 e. The topological polar surface area (TPSA) is 117 Å². The molecule has 6 N–H and O–H groups in total. The Hall–Kier alpha value is -2.98. The number of nitrogens with zero attached hydrogens (tertiary/aromatic N) is 1. The van der Waals surface area contributed by atoms with Crippen molar-refractivity contribution in [2.75, 3.05) is 25.0 Å². The lowest BCUT2D eigenvalue weighted by molar-refractivity contribution is 0.100. The summed E-state index contributed by atoms with van der Waals surface area (Å²) in [5, 5.41) is 2.99. The fraction of sp³-hybridized carbons (Fsp3) is 0.294. The summed E-state index contributed by atoms with van der Waals surface area (Å²) in [7, 11) is 0. The average molecular weight is 327 g/mol. The first-order chi connectivity index (χ1) is 11.5. The van der Waals surface area contributed by atoms with E-state index in [2.05, 4.69) is 40.9 Å². The Morgan fingerprint density at radius 2 is 1.96 bits per heavy atom. The van der Waals surface area contributed by atoms with Crippen LogP contribution in [0.3, 0.4) is 0 Å². The van der Waals surface area contributed by atoms with Gasteiger partial charge in [-0.3, -0.25) is 15.0 Å². The second-order valence-electron chi connectivity index (χ2n) is 5.25. The minimum atomic E-state index is -0.775. The number of fused-ring (bicyclic) bond motifs is 1. The molecule has 126 valence electrons. The third-order valence-corrected chi connectivity index (χ3v) is 3.72. The van der Waals surface area contributed by atoms with E-state index in [4.69, 9.17) is 11.5 Å². The van der Waals surface area contributed by atoms with Gasteiger partial charge in [0, 0.05) is 16.5 Å². The van der Waals surface area contributed by atoms with Gasteiger partial charge in [0.25, 0.3) is 5.91 Å². The van der Waals surface area contributed by atoms with Crippen LogP contribution in [-0.4, -0.2) is 41.5 Å². The molecule has 0 aliphatic carbocycles. The van der Waals surface area contributed by atoms with Crippen LogP contribution in [0.2, 0.25) is 0 Å². The predicted octanol–water partition coefficient (Wildman–Crippen LogP) is 1.45. The fourth-order valence-corrected chi connectivity index (χ4v) is 2.45. The second-order valence-corrected chi connectivity index (χ2v) is 5.25. The Balaban J connectivity index is 2.36. The normalized spacial score (nSPS) is 10.5. The fourth-order valence-electron chi connectivity index (χ4n) is 2.45. The molecule has 0 bridgehead atoms. The molecule has 3 amide bonds. The molecule has 1 aromatic heterocycles. The Labute approximate surface area is 140 Å². The minimum absolute atomic E-state index is 0.193. The number of carbonyl (C=O) groups excluding carboxylic acids is 2. The molecule has 2 aromatic rings. The highest BCUT2D eigenvalue weighted by molar-refractivity contribution is 6.13. The maximum absolute atomic E-state index is 11.7. The number of amides is 3. The molecule has 1 aromatic carbocycles. The molecule has 0 saturated carbocycles. The lowest BCUT2D eigenvalue weighted by Crippen LogP contribution is -2.22. The van der Waals surface area contributed by atoms with Gasteiger partial charge in [0.2, 0.25) is 0 Å². The van der Waals surface area contributed by atoms with Crippen LogP contribution >= 0.6 is 0 Å². The van der Waals surface area contributed by atoms with Gasteiger partial charge in [0.15, 0.2) is 0 Å². The van der Waals surface area contributed by atoms with E-state index in [9.17, 15) is 9.59 Å². The number of primary amides is 2. The van der Waals surface area contributed by atoms with Crippen molar-refractivity contribution in [3.63, 3.8) is 0 Å².